The molecule has 392 valence electrons. The van der Waals surface area contributed by atoms with Crippen LogP contribution in [0.1, 0.15) is 211 Å². The number of carbonyl (C=O) groups is 7. The summed E-state index contributed by atoms with van der Waals surface area (Å²) in [6, 6.07) is 0.280. The molecule has 0 spiro atoms. The topological polar surface area (TPSA) is 196 Å². The molecule has 15 nitrogen and oxygen atoms in total. The number of amides is 1. The maximum absolute atomic E-state index is 10.7. The van der Waals surface area contributed by atoms with Gasteiger partial charge in [0.05, 0.1) is 50.2 Å². The largest absolute Gasteiger partial charge is 0.508 e. The summed E-state index contributed by atoms with van der Waals surface area (Å²) in [5, 5.41) is 2.75. The zero-order valence-corrected chi connectivity index (χ0v) is 46.1. The molecule has 1 amide bonds. The van der Waals surface area contributed by atoms with Gasteiger partial charge in [0, 0.05) is 50.7 Å². The van der Waals surface area contributed by atoms with Crippen LogP contribution in [0.3, 0.4) is 0 Å². The predicted octanol–water partition coefficient (Wildman–Crippen LogP) is 11.8. The van der Waals surface area contributed by atoms with Crippen molar-refractivity contribution in [3.63, 3.8) is 0 Å². The van der Waals surface area contributed by atoms with E-state index in [-0.39, 0.29) is 66.0 Å². The summed E-state index contributed by atoms with van der Waals surface area (Å²) >= 11 is 0. The third kappa shape index (κ3) is 95.6. The van der Waals surface area contributed by atoms with Crippen LogP contribution in [0.25, 0.3) is 0 Å². The molecule has 0 aliphatic rings. The van der Waals surface area contributed by atoms with Crippen LogP contribution in [-0.4, -0.2) is 98.6 Å². The van der Waals surface area contributed by atoms with Crippen molar-refractivity contribution in [3.8, 4) is 0 Å². The molecule has 0 aromatic rings. The van der Waals surface area contributed by atoms with E-state index in [9.17, 15) is 33.6 Å². The first kappa shape index (κ1) is 78.4. The summed E-state index contributed by atoms with van der Waals surface area (Å²) in [5.74, 6) is 0.731. The van der Waals surface area contributed by atoms with Crippen LogP contribution in [0.4, 0.5) is 4.79 Å². The third-order valence-electron chi connectivity index (χ3n) is 6.12. The van der Waals surface area contributed by atoms with Crippen molar-refractivity contribution >= 4 is 41.7 Å². The minimum absolute atomic E-state index is 0.00921. The Morgan fingerprint density at radius 1 is 0.431 bits per heavy atom. The number of ether oxygens (including phenoxy) is 7. The van der Waals surface area contributed by atoms with E-state index in [0.29, 0.717) is 63.3 Å². The number of esters is 4. The quantitative estimate of drug-likeness (QED) is 0.0948. The Bertz CT molecular complexity index is 1000. The Labute approximate surface area is 398 Å². The molecule has 0 aromatic heterocycles. The zero-order valence-electron chi connectivity index (χ0n) is 46.1. The average molecular weight is 942 g/mol. The number of ketones is 1. The summed E-state index contributed by atoms with van der Waals surface area (Å²) in [4.78, 5) is 73.8. The molecule has 0 unspecified atom stereocenters. The van der Waals surface area contributed by atoms with Crippen LogP contribution in [0.5, 0.6) is 0 Å². The van der Waals surface area contributed by atoms with E-state index in [1.807, 2.05) is 132 Å². The van der Waals surface area contributed by atoms with Crippen molar-refractivity contribution in [1.29, 1.82) is 0 Å². The van der Waals surface area contributed by atoms with Gasteiger partial charge >= 0.3 is 30.0 Å². The first-order valence-corrected chi connectivity index (χ1v) is 23.9. The van der Waals surface area contributed by atoms with E-state index in [2.05, 4.69) is 19.5 Å². The maximum Gasteiger partial charge on any atom is 0.508 e. The number of carbonyl (C=O) groups excluding carboxylic acids is 7. The smallest absolute Gasteiger partial charge is 0.466 e. The molecular weight excluding hydrogens is 839 g/mol. The number of rotatable bonds is 19. The van der Waals surface area contributed by atoms with Gasteiger partial charge < -0.3 is 38.5 Å². The van der Waals surface area contributed by atoms with E-state index in [0.717, 1.165) is 25.9 Å². The van der Waals surface area contributed by atoms with E-state index >= 15 is 0 Å². The second-order valence-corrected chi connectivity index (χ2v) is 16.3. The Morgan fingerprint density at radius 3 is 1.06 bits per heavy atom. The third-order valence-corrected chi connectivity index (χ3v) is 6.12. The molecule has 0 atom stereocenters. The SMILES string of the molecule is CCC(=O)NC(C)C.CCC(=O)OC(C)C.CCCC(=O)C(C)C.CCCC(=O)OC(C)C.CCOC(=O)C(C)C.CCOC(=O)CC(C)C.CCOC(=O)OC(C)C.CCOC(C)C. The summed E-state index contributed by atoms with van der Waals surface area (Å²) in [6.07, 6.45) is 4.50. The van der Waals surface area contributed by atoms with Crippen molar-refractivity contribution in [2.75, 3.05) is 26.4 Å². The van der Waals surface area contributed by atoms with E-state index < -0.39 is 6.16 Å². The van der Waals surface area contributed by atoms with Crippen LogP contribution in [0.15, 0.2) is 0 Å². The van der Waals surface area contributed by atoms with Gasteiger partial charge in [-0.1, -0.05) is 69.2 Å². The first-order chi connectivity index (χ1) is 30.0. The van der Waals surface area contributed by atoms with Crippen molar-refractivity contribution in [2.45, 2.75) is 242 Å². The van der Waals surface area contributed by atoms with Gasteiger partial charge in [-0.2, -0.15) is 0 Å². The lowest BCUT2D eigenvalue weighted by molar-refractivity contribution is -0.148. The van der Waals surface area contributed by atoms with Crippen molar-refractivity contribution < 1.29 is 66.7 Å². The average Bonchev–Trinajstić information content (AvgIpc) is 3.15. The van der Waals surface area contributed by atoms with E-state index in [1.165, 1.54) is 0 Å². The van der Waals surface area contributed by atoms with Gasteiger partial charge in [-0.25, -0.2) is 4.79 Å². The Balaban J connectivity index is -0.0000000954. The molecule has 65 heavy (non-hydrogen) atoms. The Morgan fingerprint density at radius 2 is 0.862 bits per heavy atom. The fraction of sp³-hybridized carbons (Fsp3) is 0.860. The molecule has 0 radical (unpaired) electrons. The fourth-order valence-electron chi connectivity index (χ4n) is 3.37. The highest BCUT2D eigenvalue weighted by Gasteiger charge is 2.06. The van der Waals surface area contributed by atoms with Crippen LogP contribution in [-0.2, 0) is 61.9 Å². The number of Topliss-reactive ketones (excluding diaryl/α,β-unsaturated/α-hetero) is 1. The maximum atomic E-state index is 10.7. The molecule has 0 fully saturated rings. The van der Waals surface area contributed by atoms with Crippen molar-refractivity contribution in [2.24, 2.45) is 17.8 Å². The lowest BCUT2D eigenvalue weighted by atomic mass is 10.1. The summed E-state index contributed by atoms with van der Waals surface area (Å²) in [5.41, 5.74) is 0. The van der Waals surface area contributed by atoms with Crippen LogP contribution in [0, 0.1) is 17.8 Å². The molecule has 0 bridgehead atoms. The van der Waals surface area contributed by atoms with Gasteiger partial charge in [0.1, 0.15) is 5.78 Å². The number of hydrogen-bond acceptors (Lipinski definition) is 14. The predicted molar refractivity (Wildman–Crippen MR) is 264 cm³/mol. The Hall–Kier alpha value is -3.75. The van der Waals surface area contributed by atoms with Crippen LogP contribution in [0.2, 0.25) is 0 Å². The molecule has 0 aliphatic heterocycles. The molecular formula is C50H103NO14. The van der Waals surface area contributed by atoms with Gasteiger partial charge in [-0.05, 0) is 116 Å². The van der Waals surface area contributed by atoms with Crippen molar-refractivity contribution in [1.82, 2.24) is 5.32 Å². The van der Waals surface area contributed by atoms with Gasteiger partial charge in [0.2, 0.25) is 5.91 Å². The van der Waals surface area contributed by atoms with Crippen LogP contribution < -0.4 is 5.32 Å². The Kier molecular flexibility index (Phi) is 70.3. The van der Waals surface area contributed by atoms with Gasteiger partial charge in [0.25, 0.3) is 0 Å². The normalized spacial score (nSPS) is 9.66. The summed E-state index contributed by atoms with van der Waals surface area (Å²) in [7, 11) is 0. The highest BCUT2D eigenvalue weighted by atomic mass is 16.7. The number of hydrogen-bond donors (Lipinski definition) is 1. The monoisotopic (exact) mass is 942 g/mol. The number of nitrogens with one attached hydrogen (secondary N) is 1. The summed E-state index contributed by atoms with van der Waals surface area (Å²) in [6.45, 7) is 47.6. The highest BCUT2D eigenvalue weighted by molar-refractivity contribution is 5.80. The molecule has 0 heterocycles. The molecule has 0 aliphatic carbocycles. The second-order valence-electron chi connectivity index (χ2n) is 16.3. The van der Waals surface area contributed by atoms with Gasteiger partial charge in [-0.15, -0.1) is 0 Å². The molecule has 0 saturated heterocycles. The van der Waals surface area contributed by atoms with Crippen molar-refractivity contribution in [3.05, 3.63) is 0 Å². The molecule has 0 aromatic carbocycles. The minimum Gasteiger partial charge on any atom is -0.466 e. The van der Waals surface area contributed by atoms with E-state index in [1.54, 1.807) is 34.6 Å². The first-order valence-electron chi connectivity index (χ1n) is 23.9. The lowest BCUT2D eigenvalue weighted by Gasteiger charge is -2.05. The van der Waals surface area contributed by atoms with E-state index in [4.69, 9.17) is 18.9 Å². The highest BCUT2D eigenvalue weighted by Crippen LogP contribution is 2.01. The summed E-state index contributed by atoms with van der Waals surface area (Å²) < 4.78 is 33.2. The fourth-order valence-corrected chi connectivity index (χ4v) is 3.37. The van der Waals surface area contributed by atoms with Gasteiger partial charge in [0.15, 0.2) is 0 Å². The lowest BCUT2D eigenvalue weighted by Crippen LogP contribution is -2.29. The standard InChI is InChI=1S/2C7H14O2.C7H14O.C6H13NO.C6H12O3.2C6H12O2.C5H12O/c1-4-9-7(8)5-6(2)3;1-4-5-7(8)9-6(2)3;1-4-5-7(8)6(2)3;1-4-6(8)7-5(2)3;1-4-8-6(7)9-5(2)3;1-4-8-6(7)5(2)3;1-4-6(7)8-5(2)3;1-4-6-5(2)3/h2*6H,4-5H2,1-3H3;6H,4-5H2,1-3H3;5H,4H2,1-3H3,(H,7,8);5H,4H2,1-3H3;2*5H,4H2,1-3H3;5H,4H2,1-3H3. The zero-order chi connectivity index (χ0) is 53.1. The van der Waals surface area contributed by atoms with Gasteiger partial charge in [-0.3, -0.25) is 28.8 Å². The molecule has 15 heteroatoms. The molecule has 1 N–H and O–H groups in total. The second kappa shape index (κ2) is 58.3. The molecule has 0 rings (SSSR count). The minimum atomic E-state index is -0.590. The van der Waals surface area contributed by atoms with Crippen LogP contribution >= 0.6 is 0 Å². The molecule has 0 saturated carbocycles.